The van der Waals surface area contributed by atoms with Gasteiger partial charge in [-0.3, -0.25) is 4.90 Å². The van der Waals surface area contributed by atoms with E-state index in [9.17, 15) is 0 Å². The number of hydrogen-bond acceptors (Lipinski definition) is 2. The first kappa shape index (κ1) is 12.6. The highest BCUT2D eigenvalue weighted by Crippen LogP contribution is 2.29. The Bertz CT molecular complexity index is 375. The average molecular weight is 232 g/mol. The number of benzene rings is 1. The number of rotatable bonds is 1. The van der Waals surface area contributed by atoms with Crippen LogP contribution in [0.4, 0.5) is 0 Å². The van der Waals surface area contributed by atoms with Crippen LogP contribution in [0.1, 0.15) is 42.0 Å². The zero-order chi connectivity index (χ0) is 12.4. The van der Waals surface area contributed by atoms with Crippen molar-refractivity contribution in [2.45, 2.75) is 45.2 Å². The van der Waals surface area contributed by atoms with Crippen LogP contribution in [0.25, 0.3) is 0 Å². The Balaban J connectivity index is 2.31. The van der Waals surface area contributed by atoms with E-state index in [0.29, 0.717) is 6.04 Å². The molecule has 17 heavy (non-hydrogen) atoms. The molecule has 1 aromatic rings. The maximum absolute atomic E-state index is 6.35. The highest BCUT2D eigenvalue weighted by atomic mass is 15.1. The van der Waals surface area contributed by atoms with Gasteiger partial charge in [-0.05, 0) is 57.0 Å². The third-order valence-corrected chi connectivity index (χ3v) is 4.05. The van der Waals surface area contributed by atoms with Crippen LogP contribution in [-0.2, 0) is 0 Å². The van der Waals surface area contributed by atoms with Crippen LogP contribution in [0.2, 0.25) is 0 Å². The fourth-order valence-electron chi connectivity index (χ4n) is 2.82. The minimum absolute atomic E-state index is 0.268. The number of hydrogen-bond donors (Lipinski definition) is 1. The third kappa shape index (κ3) is 2.70. The second-order valence-electron chi connectivity index (χ2n) is 5.43. The molecule has 2 N–H and O–H groups in total. The standard InChI is InChI=1S/C15H24N2/c1-11-7-8-13(10-12(11)2)15-14(16)6-4-5-9-17(15)3/h7-8,10,14-15H,4-6,9,16H2,1-3H3. The van der Waals surface area contributed by atoms with Gasteiger partial charge in [-0.25, -0.2) is 0 Å². The number of nitrogens with two attached hydrogens (primary N) is 1. The third-order valence-electron chi connectivity index (χ3n) is 4.05. The van der Waals surface area contributed by atoms with E-state index in [1.807, 2.05) is 0 Å². The molecule has 0 saturated carbocycles. The van der Waals surface area contributed by atoms with Gasteiger partial charge in [0.2, 0.25) is 0 Å². The predicted octanol–water partition coefficient (Wildman–Crippen LogP) is 2.79. The molecular formula is C15H24N2. The van der Waals surface area contributed by atoms with Gasteiger partial charge in [-0.15, -0.1) is 0 Å². The summed E-state index contributed by atoms with van der Waals surface area (Å²) >= 11 is 0. The van der Waals surface area contributed by atoms with E-state index < -0.39 is 0 Å². The molecule has 2 nitrogen and oxygen atoms in total. The van der Waals surface area contributed by atoms with Crippen LogP contribution >= 0.6 is 0 Å². The first-order chi connectivity index (χ1) is 8.09. The van der Waals surface area contributed by atoms with Crippen LogP contribution in [0.15, 0.2) is 18.2 Å². The van der Waals surface area contributed by atoms with Gasteiger partial charge in [0.1, 0.15) is 0 Å². The summed E-state index contributed by atoms with van der Waals surface area (Å²) in [6.07, 6.45) is 3.67. The fourth-order valence-corrected chi connectivity index (χ4v) is 2.82. The summed E-state index contributed by atoms with van der Waals surface area (Å²) in [5.41, 5.74) is 10.5. The highest BCUT2D eigenvalue weighted by Gasteiger charge is 2.26. The Kier molecular flexibility index (Phi) is 3.85. The molecule has 0 aromatic heterocycles. The second kappa shape index (κ2) is 5.19. The van der Waals surface area contributed by atoms with Crippen molar-refractivity contribution < 1.29 is 0 Å². The second-order valence-corrected chi connectivity index (χ2v) is 5.43. The van der Waals surface area contributed by atoms with Crippen molar-refractivity contribution in [2.24, 2.45) is 5.73 Å². The lowest BCUT2D eigenvalue weighted by molar-refractivity contribution is 0.230. The lowest BCUT2D eigenvalue weighted by Gasteiger charge is -2.31. The highest BCUT2D eigenvalue weighted by molar-refractivity contribution is 5.32. The van der Waals surface area contributed by atoms with Crippen molar-refractivity contribution in [3.63, 3.8) is 0 Å². The molecule has 2 unspecified atom stereocenters. The SMILES string of the molecule is Cc1ccc(C2C(N)CCCCN2C)cc1C. The minimum atomic E-state index is 0.268. The summed E-state index contributed by atoms with van der Waals surface area (Å²) in [6.45, 7) is 5.50. The van der Waals surface area contributed by atoms with E-state index in [2.05, 4.69) is 44.0 Å². The van der Waals surface area contributed by atoms with E-state index in [1.165, 1.54) is 29.5 Å². The molecule has 1 aromatic carbocycles. The molecule has 94 valence electrons. The van der Waals surface area contributed by atoms with Crippen molar-refractivity contribution in [1.29, 1.82) is 0 Å². The smallest absolute Gasteiger partial charge is 0.0496 e. The number of likely N-dealkylation sites (tertiary alicyclic amines) is 1. The molecule has 1 aliphatic rings. The molecule has 0 aliphatic carbocycles. The van der Waals surface area contributed by atoms with E-state index in [0.717, 1.165) is 13.0 Å². The zero-order valence-electron chi connectivity index (χ0n) is 11.2. The van der Waals surface area contributed by atoms with Crippen molar-refractivity contribution in [2.75, 3.05) is 13.6 Å². The molecule has 0 radical (unpaired) electrons. The van der Waals surface area contributed by atoms with Gasteiger partial charge in [0.25, 0.3) is 0 Å². The fraction of sp³-hybridized carbons (Fsp3) is 0.600. The first-order valence-corrected chi connectivity index (χ1v) is 6.62. The first-order valence-electron chi connectivity index (χ1n) is 6.62. The van der Waals surface area contributed by atoms with Crippen molar-refractivity contribution in [3.05, 3.63) is 34.9 Å². The molecule has 2 atom stereocenters. The molecular weight excluding hydrogens is 208 g/mol. The zero-order valence-corrected chi connectivity index (χ0v) is 11.2. The largest absolute Gasteiger partial charge is 0.326 e. The van der Waals surface area contributed by atoms with Crippen molar-refractivity contribution in [1.82, 2.24) is 4.90 Å². The molecule has 1 aliphatic heterocycles. The van der Waals surface area contributed by atoms with Gasteiger partial charge in [0.05, 0.1) is 0 Å². The summed E-state index contributed by atoms with van der Waals surface area (Å²) in [5, 5.41) is 0. The summed E-state index contributed by atoms with van der Waals surface area (Å²) in [4.78, 5) is 2.42. The van der Waals surface area contributed by atoms with Crippen molar-refractivity contribution >= 4 is 0 Å². The van der Waals surface area contributed by atoms with Gasteiger partial charge in [-0.2, -0.15) is 0 Å². The van der Waals surface area contributed by atoms with E-state index in [-0.39, 0.29) is 6.04 Å². The molecule has 2 heteroatoms. The summed E-state index contributed by atoms with van der Waals surface area (Å²) in [5.74, 6) is 0. The monoisotopic (exact) mass is 232 g/mol. The van der Waals surface area contributed by atoms with Crippen LogP contribution in [-0.4, -0.2) is 24.5 Å². The van der Waals surface area contributed by atoms with Gasteiger partial charge < -0.3 is 5.73 Å². The summed E-state index contributed by atoms with van der Waals surface area (Å²) < 4.78 is 0. The van der Waals surface area contributed by atoms with Gasteiger partial charge in [0.15, 0.2) is 0 Å². The topological polar surface area (TPSA) is 29.3 Å². The van der Waals surface area contributed by atoms with Gasteiger partial charge in [-0.1, -0.05) is 24.6 Å². The number of nitrogens with zero attached hydrogens (tertiary/aromatic N) is 1. The average Bonchev–Trinajstić information content (AvgIpc) is 2.45. The summed E-state index contributed by atoms with van der Waals surface area (Å²) in [7, 11) is 2.20. The van der Waals surface area contributed by atoms with E-state index in [4.69, 9.17) is 5.73 Å². The molecule has 0 amide bonds. The number of likely N-dealkylation sites (N-methyl/N-ethyl adjacent to an activating group) is 1. The van der Waals surface area contributed by atoms with Gasteiger partial charge >= 0.3 is 0 Å². The maximum Gasteiger partial charge on any atom is 0.0496 e. The molecule has 1 saturated heterocycles. The minimum Gasteiger partial charge on any atom is -0.326 e. The lowest BCUT2D eigenvalue weighted by Crippen LogP contribution is -2.37. The van der Waals surface area contributed by atoms with Crippen molar-refractivity contribution in [3.8, 4) is 0 Å². The normalized spacial score (nSPS) is 26.8. The molecule has 2 rings (SSSR count). The quantitative estimate of drug-likeness (QED) is 0.806. The Hall–Kier alpha value is -0.860. The Labute approximate surface area is 105 Å². The van der Waals surface area contributed by atoms with Gasteiger partial charge in [0, 0.05) is 12.1 Å². The molecule has 1 heterocycles. The number of aryl methyl sites for hydroxylation is 2. The Morgan fingerprint density at radius 1 is 1.18 bits per heavy atom. The van der Waals surface area contributed by atoms with Crippen LogP contribution in [0.5, 0.6) is 0 Å². The maximum atomic E-state index is 6.35. The molecule has 1 fully saturated rings. The van der Waals surface area contributed by atoms with Crippen LogP contribution < -0.4 is 5.73 Å². The van der Waals surface area contributed by atoms with Crippen LogP contribution in [0, 0.1) is 13.8 Å². The lowest BCUT2D eigenvalue weighted by atomic mass is 9.94. The van der Waals surface area contributed by atoms with E-state index >= 15 is 0 Å². The Morgan fingerprint density at radius 2 is 1.94 bits per heavy atom. The van der Waals surface area contributed by atoms with Crippen LogP contribution in [0.3, 0.4) is 0 Å². The Morgan fingerprint density at radius 3 is 2.65 bits per heavy atom. The summed E-state index contributed by atoms with van der Waals surface area (Å²) in [6, 6.07) is 7.42. The molecule has 0 spiro atoms. The van der Waals surface area contributed by atoms with E-state index in [1.54, 1.807) is 0 Å². The predicted molar refractivity (Wildman–Crippen MR) is 73.1 cm³/mol. The molecule has 0 bridgehead atoms.